The highest BCUT2D eigenvalue weighted by molar-refractivity contribution is 5.91. The molecule has 3 N–H and O–H groups in total. The maximum atomic E-state index is 12.1. The van der Waals surface area contributed by atoms with Crippen molar-refractivity contribution in [1.82, 2.24) is 4.90 Å². The van der Waals surface area contributed by atoms with Crippen molar-refractivity contribution in [3.63, 3.8) is 0 Å². The number of rotatable bonds is 5. The molecule has 1 amide bonds. The Morgan fingerprint density at radius 2 is 2.00 bits per heavy atom. The molecule has 1 heterocycles. The minimum Gasteiger partial charge on any atom is -0.373 e. The summed E-state index contributed by atoms with van der Waals surface area (Å²) in [5.74, 6) is 0.0303. The van der Waals surface area contributed by atoms with Gasteiger partial charge in [0.25, 0.3) is 0 Å². The molecule has 0 aromatic heterocycles. The fourth-order valence-electron chi connectivity index (χ4n) is 2.76. The lowest BCUT2D eigenvalue weighted by Crippen LogP contribution is -2.46. The number of nitrogens with zero attached hydrogens (tertiary/aromatic N) is 1. The van der Waals surface area contributed by atoms with Gasteiger partial charge >= 0.3 is 0 Å². The zero-order chi connectivity index (χ0) is 15.2. The molecule has 21 heavy (non-hydrogen) atoms. The van der Waals surface area contributed by atoms with Crippen LogP contribution in [0, 0.1) is 0 Å². The number of benzene rings is 1. The Morgan fingerprint density at radius 1 is 1.33 bits per heavy atom. The second kappa shape index (κ2) is 7.54. The number of carbonyl (C=O) groups is 1. The summed E-state index contributed by atoms with van der Waals surface area (Å²) in [6.07, 6.45) is 0.947. The van der Waals surface area contributed by atoms with Crippen molar-refractivity contribution in [2.75, 3.05) is 25.0 Å². The van der Waals surface area contributed by atoms with Crippen LogP contribution < -0.4 is 11.1 Å². The maximum absolute atomic E-state index is 12.1. The van der Waals surface area contributed by atoms with Crippen molar-refractivity contribution >= 4 is 11.6 Å². The largest absolute Gasteiger partial charge is 0.373 e. The molecule has 5 nitrogen and oxygen atoms in total. The Morgan fingerprint density at radius 3 is 2.67 bits per heavy atom. The summed E-state index contributed by atoms with van der Waals surface area (Å²) in [6, 6.07) is 7.65. The van der Waals surface area contributed by atoms with Gasteiger partial charge in [-0.2, -0.15) is 0 Å². The first-order valence-electron chi connectivity index (χ1n) is 7.54. The molecule has 0 radical (unpaired) electrons. The first-order valence-corrected chi connectivity index (χ1v) is 7.54. The molecule has 1 saturated heterocycles. The first kappa shape index (κ1) is 15.9. The highest BCUT2D eigenvalue weighted by Crippen LogP contribution is 2.15. The number of para-hydroxylation sites is 1. The molecule has 1 aromatic carbocycles. The van der Waals surface area contributed by atoms with Crippen molar-refractivity contribution in [2.45, 2.75) is 39.0 Å². The predicted octanol–water partition coefficient (Wildman–Crippen LogP) is 1.58. The third-order valence-electron chi connectivity index (χ3n) is 3.66. The van der Waals surface area contributed by atoms with E-state index in [2.05, 4.69) is 24.1 Å². The Labute approximate surface area is 126 Å². The zero-order valence-corrected chi connectivity index (χ0v) is 12.8. The van der Waals surface area contributed by atoms with E-state index in [4.69, 9.17) is 10.5 Å². The molecule has 0 bridgehead atoms. The second-order valence-corrected chi connectivity index (χ2v) is 5.68. The lowest BCUT2D eigenvalue weighted by molar-refractivity contribution is -0.117. The Hall–Kier alpha value is -1.43. The van der Waals surface area contributed by atoms with Crippen LogP contribution in [0.1, 0.15) is 25.8 Å². The number of amides is 1. The van der Waals surface area contributed by atoms with E-state index in [-0.39, 0.29) is 18.1 Å². The van der Waals surface area contributed by atoms with Crippen LogP contribution >= 0.6 is 0 Å². The summed E-state index contributed by atoms with van der Waals surface area (Å²) in [5, 5.41) is 2.95. The quantitative estimate of drug-likeness (QED) is 0.864. The molecule has 0 spiro atoms. The smallest absolute Gasteiger partial charge is 0.225 e. The van der Waals surface area contributed by atoms with Crippen molar-refractivity contribution in [3.8, 4) is 0 Å². The van der Waals surface area contributed by atoms with Gasteiger partial charge in [-0.05, 0) is 25.5 Å². The van der Waals surface area contributed by atoms with Gasteiger partial charge in [0.2, 0.25) is 5.91 Å². The molecule has 2 rings (SSSR count). The summed E-state index contributed by atoms with van der Waals surface area (Å²) >= 11 is 0. The average Bonchev–Trinajstić information content (AvgIpc) is 2.45. The minimum absolute atomic E-state index is 0.0303. The van der Waals surface area contributed by atoms with E-state index in [1.165, 1.54) is 0 Å². The summed E-state index contributed by atoms with van der Waals surface area (Å²) < 4.78 is 5.69. The minimum atomic E-state index is 0.0303. The fourth-order valence-corrected chi connectivity index (χ4v) is 2.76. The number of carbonyl (C=O) groups excluding carboxylic acids is 1. The Kier molecular flexibility index (Phi) is 5.73. The van der Waals surface area contributed by atoms with Gasteiger partial charge < -0.3 is 15.8 Å². The van der Waals surface area contributed by atoms with Crippen LogP contribution in [0.4, 0.5) is 5.69 Å². The van der Waals surface area contributed by atoms with E-state index in [9.17, 15) is 4.79 Å². The SMILES string of the molecule is C[C@@H]1CN(CCC(=O)Nc2ccccc2CN)C[C@H](C)O1. The van der Waals surface area contributed by atoms with E-state index < -0.39 is 0 Å². The van der Waals surface area contributed by atoms with Gasteiger partial charge in [0.1, 0.15) is 0 Å². The number of ether oxygens (including phenoxy) is 1. The van der Waals surface area contributed by atoms with Gasteiger partial charge in [-0.15, -0.1) is 0 Å². The van der Waals surface area contributed by atoms with E-state index in [0.717, 1.165) is 30.9 Å². The Balaban J connectivity index is 1.82. The van der Waals surface area contributed by atoms with Gasteiger partial charge in [-0.1, -0.05) is 18.2 Å². The normalized spacial score (nSPS) is 23.0. The molecule has 1 fully saturated rings. The molecule has 1 aliphatic rings. The highest BCUT2D eigenvalue weighted by Gasteiger charge is 2.22. The highest BCUT2D eigenvalue weighted by atomic mass is 16.5. The number of hydrogen-bond acceptors (Lipinski definition) is 4. The summed E-state index contributed by atoms with van der Waals surface area (Å²) in [5.41, 5.74) is 7.45. The predicted molar refractivity (Wildman–Crippen MR) is 84.0 cm³/mol. The number of hydrogen-bond donors (Lipinski definition) is 2. The van der Waals surface area contributed by atoms with Crippen molar-refractivity contribution in [3.05, 3.63) is 29.8 Å². The third-order valence-corrected chi connectivity index (χ3v) is 3.66. The third kappa shape index (κ3) is 4.81. The standard InChI is InChI=1S/C16H25N3O2/c1-12-10-19(11-13(2)21-12)8-7-16(20)18-15-6-4-3-5-14(15)9-17/h3-6,12-13H,7-11,17H2,1-2H3,(H,18,20)/t12-,13+. The number of nitrogens with one attached hydrogen (secondary N) is 1. The van der Waals surface area contributed by atoms with Gasteiger partial charge in [-0.3, -0.25) is 9.69 Å². The molecule has 1 aliphatic heterocycles. The molecule has 116 valence electrons. The van der Waals surface area contributed by atoms with Gasteiger partial charge in [0, 0.05) is 38.3 Å². The Bertz CT molecular complexity index is 468. The molecule has 0 saturated carbocycles. The van der Waals surface area contributed by atoms with Gasteiger partial charge in [0.15, 0.2) is 0 Å². The zero-order valence-electron chi connectivity index (χ0n) is 12.8. The van der Waals surface area contributed by atoms with E-state index in [1.807, 2.05) is 24.3 Å². The average molecular weight is 291 g/mol. The molecular formula is C16H25N3O2. The van der Waals surface area contributed by atoms with Crippen LogP contribution in [-0.2, 0) is 16.1 Å². The van der Waals surface area contributed by atoms with Crippen molar-refractivity contribution in [2.24, 2.45) is 5.73 Å². The first-order chi connectivity index (χ1) is 10.1. The molecule has 0 aliphatic carbocycles. The van der Waals surface area contributed by atoms with Crippen LogP contribution in [0.15, 0.2) is 24.3 Å². The maximum Gasteiger partial charge on any atom is 0.225 e. The van der Waals surface area contributed by atoms with Gasteiger partial charge in [0.05, 0.1) is 12.2 Å². The van der Waals surface area contributed by atoms with Crippen LogP contribution in [0.25, 0.3) is 0 Å². The number of nitrogens with two attached hydrogens (primary N) is 1. The molecular weight excluding hydrogens is 266 g/mol. The van der Waals surface area contributed by atoms with Crippen LogP contribution in [-0.4, -0.2) is 42.6 Å². The summed E-state index contributed by atoms with van der Waals surface area (Å²) in [7, 11) is 0. The van der Waals surface area contributed by atoms with Crippen LogP contribution in [0.5, 0.6) is 0 Å². The second-order valence-electron chi connectivity index (χ2n) is 5.68. The lowest BCUT2D eigenvalue weighted by Gasteiger charge is -2.35. The summed E-state index contributed by atoms with van der Waals surface area (Å²) in [4.78, 5) is 14.4. The van der Waals surface area contributed by atoms with Crippen molar-refractivity contribution in [1.29, 1.82) is 0 Å². The molecule has 5 heteroatoms. The summed E-state index contributed by atoms with van der Waals surface area (Å²) in [6.45, 7) is 7.10. The number of morpholine rings is 1. The van der Waals surface area contributed by atoms with E-state index >= 15 is 0 Å². The van der Waals surface area contributed by atoms with Crippen LogP contribution in [0.2, 0.25) is 0 Å². The van der Waals surface area contributed by atoms with Crippen molar-refractivity contribution < 1.29 is 9.53 Å². The molecule has 1 aromatic rings. The fraction of sp³-hybridized carbons (Fsp3) is 0.562. The lowest BCUT2D eigenvalue weighted by atomic mass is 10.1. The molecule has 0 unspecified atom stereocenters. The molecule has 2 atom stereocenters. The number of anilines is 1. The van der Waals surface area contributed by atoms with Crippen LogP contribution in [0.3, 0.4) is 0 Å². The monoisotopic (exact) mass is 291 g/mol. The van der Waals surface area contributed by atoms with E-state index in [1.54, 1.807) is 0 Å². The topological polar surface area (TPSA) is 67.6 Å². The van der Waals surface area contributed by atoms with Gasteiger partial charge in [-0.25, -0.2) is 0 Å². The van der Waals surface area contributed by atoms with E-state index in [0.29, 0.717) is 13.0 Å².